The monoisotopic (exact) mass is 251 g/mol. The highest BCUT2D eigenvalue weighted by Crippen LogP contribution is 2.38. The Hall–Kier alpha value is -1.68. The van der Waals surface area contributed by atoms with Crippen molar-refractivity contribution in [3.8, 4) is 17.0 Å². The van der Waals surface area contributed by atoms with Gasteiger partial charge in [-0.05, 0) is 25.5 Å². The topological polar surface area (TPSA) is 63.9 Å². The zero-order valence-electron chi connectivity index (χ0n) is 9.97. The van der Waals surface area contributed by atoms with Gasteiger partial charge in [-0.15, -0.1) is 0 Å². The molecule has 1 aromatic carbocycles. The number of aromatic amines is 1. The Labute approximate surface area is 105 Å². The molecular formula is C12H14ClN3O. The highest BCUT2D eigenvalue weighted by Gasteiger charge is 2.16. The lowest BCUT2D eigenvalue weighted by Crippen LogP contribution is -1.95. The standard InChI is InChI=1S/C12H14ClN3O/c1-6-4-8(13)7(2)12(17-3)11(6)9-5-10(14)16-15-9/h4-5H,1-3H3,(H3,14,15,16). The average Bonchev–Trinajstić information content (AvgIpc) is 2.69. The molecule has 0 aliphatic heterocycles. The van der Waals surface area contributed by atoms with Crippen molar-refractivity contribution >= 4 is 17.4 Å². The van der Waals surface area contributed by atoms with Crippen LogP contribution in [0.1, 0.15) is 11.1 Å². The van der Waals surface area contributed by atoms with Crippen LogP contribution in [-0.2, 0) is 0 Å². The van der Waals surface area contributed by atoms with E-state index in [-0.39, 0.29) is 0 Å². The van der Waals surface area contributed by atoms with Crippen molar-refractivity contribution in [2.24, 2.45) is 0 Å². The third-order valence-electron chi connectivity index (χ3n) is 2.73. The fraction of sp³-hybridized carbons (Fsp3) is 0.250. The molecule has 0 unspecified atom stereocenters. The highest BCUT2D eigenvalue weighted by molar-refractivity contribution is 6.31. The Morgan fingerprint density at radius 2 is 2.06 bits per heavy atom. The Kier molecular flexibility index (Phi) is 2.98. The second-order valence-corrected chi connectivity index (χ2v) is 4.32. The number of methoxy groups -OCH3 is 1. The summed E-state index contributed by atoms with van der Waals surface area (Å²) in [6.07, 6.45) is 0. The van der Waals surface area contributed by atoms with Crippen LogP contribution in [0.3, 0.4) is 0 Å². The van der Waals surface area contributed by atoms with Gasteiger partial charge >= 0.3 is 0 Å². The molecule has 3 N–H and O–H groups in total. The van der Waals surface area contributed by atoms with Gasteiger partial charge in [-0.25, -0.2) is 0 Å². The number of aromatic nitrogens is 2. The molecule has 0 aliphatic carbocycles. The van der Waals surface area contributed by atoms with Gasteiger partial charge in [0.15, 0.2) is 0 Å². The van der Waals surface area contributed by atoms with Crippen LogP contribution >= 0.6 is 11.6 Å². The van der Waals surface area contributed by atoms with E-state index < -0.39 is 0 Å². The van der Waals surface area contributed by atoms with Crippen molar-refractivity contribution in [2.45, 2.75) is 13.8 Å². The molecule has 1 heterocycles. The Morgan fingerprint density at radius 1 is 1.35 bits per heavy atom. The third kappa shape index (κ3) is 1.96. The molecule has 2 aromatic rings. The molecule has 4 nitrogen and oxygen atoms in total. The van der Waals surface area contributed by atoms with E-state index in [0.29, 0.717) is 10.8 Å². The summed E-state index contributed by atoms with van der Waals surface area (Å²) in [5.74, 6) is 1.20. The van der Waals surface area contributed by atoms with E-state index in [1.807, 2.05) is 19.9 Å². The largest absolute Gasteiger partial charge is 0.496 e. The number of nitrogens with zero attached hydrogens (tertiary/aromatic N) is 1. The maximum atomic E-state index is 6.13. The van der Waals surface area contributed by atoms with Gasteiger partial charge < -0.3 is 10.5 Å². The number of halogens is 1. The Morgan fingerprint density at radius 3 is 2.59 bits per heavy atom. The fourth-order valence-corrected chi connectivity index (χ4v) is 2.15. The summed E-state index contributed by atoms with van der Waals surface area (Å²) in [7, 11) is 1.63. The van der Waals surface area contributed by atoms with E-state index in [0.717, 1.165) is 28.1 Å². The van der Waals surface area contributed by atoms with Crippen LogP contribution in [0.4, 0.5) is 5.82 Å². The van der Waals surface area contributed by atoms with Crippen LogP contribution in [0.25, 0.3) is 11.3 Å². The number of anilines is 1. The second kappa shape index (κ2) is 4.30. The molecule has 0 amide bonds. The Balaban J connectivity index is 2.72. The predicted molar refractivity (Wildman–Crippen MR) is 69.5 cm³/mol. The minimum Gasteiger partial charge on any atom is -0.496 e. The van der Waals surface area contributed by atoms with Gasteiger partial charge in [0.1, 0.15) is 11.6 Å². The lowest BCUT2D eigenvalue weighted by Gasteiger charge is -2.14. The quantitative estimate of drug-likeness (QED) is 0.863. The van der Waals surface area contributed by atoms with E-state index in [1.165, 1.54) is 0 Å². The van der Waals surface area contributed by atoms with Gasteiger partial charge in [-0.3, -0.25) is 5.10 Å². The fourth-order valence-electron chi connectivity index (χ4n) is 1.90. The first-order chi connectivity index (χ1) is 8.04. The van der Waals surface area contributed by atoms with Gasteiger partial charge in [-0.2, -0.15) is 5.10 Å². The molecule has 0 saturated heterocycles. The Bertz CT molecular complexity index is 563. The summed E-state index contributed by atoms with van der Waals surface area (Å²) in [5, 5.41) is 7.50. The van der Waals surface area contributed by atoms with Gasteiger partial charge in [0.25, 0.3) is 0 Å². The summed E-state index contributed by atoms with van der Waals surface area (Å²) in [6.45, 7) is 3.89. The van der Waals surface area contributed by atoms with Gasteiger partial charge in [0, 0.05) is 22.2 Å². The number of hydrogen-bond acceptors (Lipinski definition) is 3. The van der Waals surface area contributed by atoms with Gasteiger partial charge in [-0.1, -0.05) is 11.6 Å². The first-order valence-electron chi connectivity index (χ1n) is 5.19. The SMILES string of the molecule is COc1c(C)c(Cl)cc(C)c1-c1cc(N)n[nH]1. The maximum Gasteiger partial charge on any atom is 0.145 e. The maximum absolute atomic E-state index is 6.13. The number of H-pyrrole nitrogens is 1. The minimum absolute atomic E-state index is 0.453. The molecule has 1 aromatic heterocycles. The second-order valence-electron chi connectivity index (χ2n) is 3.92. The van der Waals surface area contributed by atoms with Crippen molar-refractivity contribution in [1.82, 2.24) is 10.2 Å². The molecule has 0 radical (unpaired) electrons. The lowest BCUT2D eigenvalue weighted by molar-refractivity contribution is 0.413. The van der Waals surface area contributed by atoms with E-state index in [2.05, 4.69) is 10.2 Å². The molecule has 0 saturated carbocycles. The first-order valence-corrected chi connectivity index (χ1v) is 5.57. The van der Waals surface area contributed by atoms with Gasteiger partial charge in [0.05, 0.1) is 12.8 Å². The predicted octanol–water partition coefficient (Wildman–Crippen LogP) is 2.94. The van der Waals surface area contributed by atoms with Crippen molar-refractivity contribution in [3.63, 3.8) is 0 Å². The van der Waals surface area contributed by atoms with Gasteiger partial charge in [0.2, 0.25) is 0 Å². The molecule has 17 heavy (non-hydrogen) atoms. The number of nitrogens with two attached hydrogens (primary N) is 1. The summed E-state index contributed by atoms with van der Waals surface area (Å²) in [6, 6.07) is 3.68. The molecule has 0 atom stereocenters. The minimum atomic E-state index is 0.453. The summed E-state index contributed by atoms with van der Waals surface area (Å²) < 4.78 is 5.43. The van der Waals surface area contributed by atoms with Crippen LogP contribution in [0, 0.1) is 13.8 Å². The van der Waals surface area contributed by atoms with Crippen LogP contribution in [-0.4, -0.2) is 17.3 Å². The zero-order valence-corrected chi connectivity index (χ0v) is 10.7. The van der Waals surface area contributed by atoms with Crippen molar-refractivity contribution in [1.29, 1.82) is 0 Å². The summed E-state index contributed by atoms with van der Waals surface area (Å²) in [5.41, 5.74) is 9.31. The molecule has 5 heteroatoms. The van der Waals surface area contributed by atoms with Crippen molar-refractivity contribution < 1.29 is 4.74 Å². The van der Waals surface area contributed by atoms with Crippen molar-refractivity contribution in [2.75, 3.05) is 12.8 Å². The number of hydrogen-bond donors (Lipinski definition) is 2. The van der Waals surface area contributed by atoms with E-state index in [4.69, 9.17) is 22.1 Å². The number of nitrogen functional groups attached to an aromatic ring is 1. The van der Waals surface area contributed by atoms with Crippen LogP contribution in [0.5, 0.6) is 5.75 Å². The molecule has 0 spiro atoms. The number of benzene rings is 1. The average molecular weight is 252 g/mol. The van der Waals surface area contributed by atoms with E-state index >= 15 is 0 Å². The van der Waals surface area contributed by atoms with E-state index in [9.17, 15) is 0 Å². The van der Waals surface area contributed by atoms with Crippen molar-refractivity contribution in [3.05, 3.63) is 28.3 Å². The number of rotatable bonds is 2. The van der Waals surface area contributed by atoms with E-state index in [1.54, 1.807) is 13.2 Å². The normalized spacial score (nSPS) is 10.6. The van der Waals surface area contributed by atoms with Crippen LogP contribution < -0.4 is 10.5 Å². The summed E-state index contributed by atoms with van der Waals surface area (Å²) in [4.78, 5) is 0. The molecule has 0 bridgehead atoms. The molecular weight excluding hydrogens is 238 g/mol. The summed E-state index contributed by atoms with van der Waals surface area (Å²) >= 11 is 6.13. The lowest BCUT2D eigenvalue weighted by atomic mass is 10.0. The molecule has 0 aliphatic rings. The zero-order chi connectivity index (χ0) is 12.6. The number of ether oxygens (including phenoxy) is 1. The molecule has 0 fully saturated rings. The molecule has 90 valence electrons. The number of aryl methyl sites for hydroxylation is 1. The van der Waals surface area contributed by atoms with Crippen LogP contribution in [0.2, 0.25) is 5.02 Å². The smallest absolute Gasteiger partial charge is 0.145 e. The first kappa shape index (κ1) is 11.8. The number of nitrogens with one attached hydrogen (secondary N) is 1. The van der Waals surface area contributed by atoms with Crippen LogP contribution in [0.15, 0.2) is 12.1 Å². The highest BCUT2D eigenvalue weighted by atomic mass is 35.5. The molecule has 2 rings (SSSR count). The third-order valence-corrected chi connectivity index (χ3v) is 3.13.